The number of hydrogen-bond donors (Lipinski definition) is 1. The molecular weight excluding hydrogens is 654 g/mol. The minimum absolute atomic E-state index is 0.0458. The first-order valence-electron chi connectivity index (χ1n) is 16.2. The van der Waals surface area contributed by atoms with Gasteiger partial charge in [-0.2, -0.15) is 8.42 Å². The van der Waals surface area contributed by atoms with Crippen molar-refractivity contribution < 1.29 is 31.7 Å². The molecule has 3 aromatic rings. The molecule has 0 bridgehead atoms. The minimum atomic E-state index is -3.83. The first kappa shape index (κ1) is 35.5. The van der Waals surface area contributed by atoms with Gasteiger partial charge in [0.05, 0.1) is 31.4 Å². The number of anilines is 2. The summed E-state index contributed by atoms with van der Waals surface area (Å²) < 4.78 is 41.4. The molecule has 12 heteroatoms. The van der Waals surface area contributed by atoms with E-state index in [4.69, 9.17) is 31.0 Å². The third-order valence-electron chi connectivity index (χ3n) is 9.24. The second-order valence-electron chi connectivity index (χ2n) is 12.9. The van der Waals surface area contributed by atoms with Crippen molar-refractivity contribution in [3.05, 3.63) is 82.4 Å². The molecular formula is C36H44ClN3O7S. The van der Waals surface area contributed by atoms with Gasteiger partial charge in [-0.3, -0.25) is 13.8 Å². The standard InChI is InChI=1S/C36H44ClN3O7S/c1-6-48(43,44)47-36(35(38)42)17-15-24(16-18-36)22-39(4)28-11-13-29(14-12-28)40-33(41)20-26-19-31(45-5)32(46-23(2)3)21-30(26)34(40)25-7-9-27(37)10-8-25/h7-14,19,21,23-24,34H,6,15-18,20,22H2,1-5H3,(H2,38,42). The van der Waals surface area contributed by atoms with Crippen molar-refractivity contribution in [2.24, 2.45) is 11.7 Å². The summed E-state index contributed by atoms with van der Waals surface area (Å²) in [6, 6.07) is 18.9. The number of rotatable bonds is 12. The number of ether oxygens (including phenoxy) is 2. The average molecular weight is 698 g/mol. The van der Waals surface area contributed by atoms with Gasteiger partial charge in [-0.15, -0.1) is 0 Å². The van der Waals surface area contributed by atoms with Crippen molar-refractivity contribution in [3.8, 4) is 11.5 Å². The molecule has 2 aliphatic rings. The lowest BCUT2D eigenvalue weighted by molar-refractivity contribution is -0.136. The molecule has 0 radical (unpaired) electrons. The third kappa shape index (κ3) is 7.58. The van der Waals surface area contributed by atoms with Crippen LogP contribution < -0.4 is 25.0 Å². The monoisotopic (exact) mass is 697 g/mol. The second-order valence-corrected chi connectivity index (χ2v) is 15.2. The lowest BCUT2D eigenvalue weighted by Crippen LogP contribution is -2.51. The predicted molar refractivity (Wildman–Crippen MR) is 187 cm³/mol. The van der Waals surface area contributed by atoms with E-state index in [2.05, 4.69) is 4.90 Å². The van der Waals surface area contributed by atoms with Crippen LogP contribution in [-0.4, -0.2) is 58.4 Å². The zero-order chi connectivity index (χ0) is 34.8. The Morgan fingerprint density at radius 1 is 1.06 bits per heavy atom. The largest absolute Gasteiger partial charge is 0.493 e. The fourth-order valence-electron chi connectivity index (χ4n) is 6.69. The number of amides is 2. The number of nitrogens with two attached hydrogens (primary N) is 1. The Bertz CT molecular complexity index is 1740. The maximum atomic E-state index is 13.9. The molecule has 2 N–H and O–H groups in total. The van der Waals surface area contributed by atoms with Crippen LogP contribution in [0.4, 0.5) is 11.4 Å². The summed E-state index contributed by atoms with van der Waals surface area (Å²) in [7, 11) is -0.244. The van der Waals surface area contributed by atoms with Gasteiger partial charge in [0, 0.05) is 30.0 Å². The molecule has 1 unspecified atom stereocenters. The maximum absolute atomic E-state index is 13.9. The van der Waals surface area contributed by atoms with E-state index in [1.165, 1.54) is 6.92 Å². The van der Waals surface area contributed by atoms with E-state index in [0.717, 1.165) is 28.1 Å². The molecule has 1 aliphatic carbocycles. The summed E-state index contributed by atoms with van der Waals surface area (Å²) in [6.45, 7) is 6.09. The molecule has 0 spiro atoms. The normalized spacial score (nSPS) is 21.1. The number of nitrogens with zero attached hydrogens (tertiary/aromatic N) is 2. The molecule has 48 heavy (non-hydrogen) atoms. The van der Waals surface area contributed by atoms with Gasteiger partial charge in [-0.05, 0) is 118 Å². The first-order chi connectivity index (χ1) is 22.8. The number of benzene rings is 3. The number of primary amides is 1. The topological polar surface area (TPSA) is 128 Å². The van der Waals surface area contributed by atoms with E-state index in [9.17, 15) is 18.0 Å². The van der Waals surface area contributed by atoms with Gasteiger partial charge in [-0.25, -0.2) is 0 Å². The minimum Gasteiger partial charge on any atom is -0.493 e. The van der Waals surface area contributed by atoms with Crippen molar-refractivity contribution >= 4 is 44.9 Å². The Morgan fingerprint density at radius 2 is 1.71 bits per heavy atom. The summed E-state index contributed by atoms with van der Waals surface area (Å²) in [5, 5.41) is 0.607. The quantitative estimate of drug-likeness (QED) is 0.227. The van der Waals surface area contributed by atoms with E-state index in [1.54, 1.807) is 7.11 Å². The number of methoxy groups -OCH3 is 1. The van der Waals surface area contributed by atoms with Crippen LogP contribution in [0.5, 0.6) is 11.5 Å². The summed E-state index contributed by atoms with van der Waals surface area (Å²) >= 11 is 6.26. The molecule has 3 aromatic carbocycles. The molecule has 1 fully saturated rings. The fourth-order valence-corrected chi connectivity index (χ4v) is 7.67. The van der Waals surface area contributed by atoms with Gasteiger partial charge in [-0.1, -0.05) is 23.7 Å². The van der Waals surface area contributed by atoms with Gasteiger partial charge in [0.2, 0.25) is 5.91 Å². The zero-order valence-corrected chi connectivity index (χ0v) is 29.6. The summed E-state index contributed by atoms with van der Waals surface area (Å²) in [5.74, 6) is 0.409. The van der Waals surface area contributed by atoms with Crippen LogP contribution in [0.15, 0.2) is 60.7 Å². The van der Waals surface area contributed by atoms with Crippen molar-refractivity contribution in [3.63, 3.8) is 0 Å². The molecule has 1 atom stereocenters. The van der Waals surface area contributed by atoms with Crippen molar-refractivity contribution in [2.45, 2.75) is 70.6 Å². The Labute approximate surface area is 288 Å². The number of fused-ring (bicyclic) bond motifs is 1. The van der Waals surface area contributed by atoms with Crippen LogP contribution in [-0.2, 0) is 30.3 Å². The Balaban J connectivity index is 1.38. The first-order valence-corrected chi connectivity index (χ1v) is 18.2. The van der Waals surface area contributed by atoms with E-state index < -0.39 is 27.7 Å². The van der Waals surface area contributed by atoms with Crippen molar-refractivity contribution in [2.75, 3.05) is 36.3 Å². The van der Waals surface area contributed by atoms with E-state index in [1.807, 2.05) is 86.5 Å². The van der Waals surface area contributed by atoms with Crippen LogP contribution in [0.2, 0.25) is 5.02 Å². The Morgan fingerprint density at radius 3 is 2.27 bits per heavy atom. The van der Waals surface area contributed by atoms with E-state index >= 15 is 0 Å². The third-order valence-corrected chi connectivity index (χ3v) is 10.8. The molecule has 258 valence electrons. The second kappa shape index (κ2) is 14.4. The SMILES string of the molecule is CCS(=O)(=O)OC1(C(N)=O)CCC(CN(C)c2ccc(N3C(=O)Cc4cc(OC)c(OC(C)C)cc4C3c3ccc(Cl)cc3)cc2)CC1. The van der Waals surface area contributed by atoms with Crippen molar-refractivity contribution in [1.82, 2.24) is 0 Å². The number of carbonyl (C=O) groups excluding carboxylic acids is 2. The van der Waals surface area contributed by atoms with Gasteiger partial charge in [0.25, 0.3) is 16.0 Å². The Hall–Kier alpha value is -3.80. The highest BCUT2D eigenvalue weighted by Crippen LogP contribution is 2.44. The van der Waals surface area contributed by atoms with Gasteiger partial charge >= 0.3 is 0 Å². The summed E-state index contributed by atoms with van der Waals surface area (Å²) in [6.07, 6.45) is 1.84. The van der Waals surface area contributed by atoms with E-state index in [-0.39, 0.29) is 42.9 Å². The fraction of sp³-hybridized carbons (Fsp3) is 0.444. The highest BCUT2D eigenvalue weighted by molar-refractivity contribution is 7.86. The average Bonchev–Trinajstić information content (AvgIpc) is 3.05. The van der Waals surface area contributed by atoms with Crippen molar-refractivity contribution in [1.29, 1.82) is 0 Å². The van der Waals surface area contributed by atoms with Crippen LogP contribution in [0.1, 0.15) is 69.2 Å². The zero-order valence-electron chi connectivity index (χ0n) is 28.1. The Kier molecular flexibility index (Phi) is 10.6. The number of hydrogen-bond acceptors (Lipinski definition) is 8. The lowest BCUT2D eigenvalue weighted by atomic mass is 9.78. The van der Waals surface area contributed by atoms with Gasteiger partial charge in [0.15, 0.2) is 17.1 Å². The number of halogens is 1. The maximum Gasteiger partial charge on any atom is 0.268 e. The summed E-state index contributed by atoms with van der Waals surface area (Å²) in [4.78, 5) is 30.1. The molecule has 2 amide bonds. The molecule has 1 saturated carbocycles. The van der Waals surface area contributed by atoms with Crippen LogP contribution in [0.3, 0.4) is 0 Å². The summed E-state index contributed by atoms with van der Waals surface area (Å²) in [5.41, 5.74) is 8.59. The van der Waals surface area contributed by atoms with Crippen LogP contribution >= 0.6 is 11.6 Å². The van der Waals surface area contributed by atoms with Gasteiger partial charge < -0.3 is 25.0 Å². The molecule has 1 aliphatic heterocycles. The molecule has 10 nitrogen and oxygen atoms in total. The predicted octanol–water partition coefficient (Wildman–Crippen LogP) is 6.03. The van der Waals surface area contributed by atoms with Crippen LogP contribution in [0, 0.1) is 5.92 Å². The van der Waals surface area contributed by atoms with Gasteiger partial charge in [0.1, 0.15) is 0 Å². The molecule has 5 rings (SSSR count). The van der Waals surface area contributed by atoms with Crippen LogP contribution in [0.25, 0.3) is 0 Å². The highest BCUT2D eigenvalue weighted by Gasteiger charge is 2.45. The highest BCUT2D eigenvalue weighted by atomic mass is 35.5. The molecule has 1 heterocycles. The smallest absolute Gasteiger partial charge is 0.268 e. The molecule has 0 saturated heterocycles. The lowest BCUT2D eigenvalue weighted by Gasteiger charge is -2.39. The van der Waals surface area contributed by atoms with E-state index in [0.29, 0.717) is 35.9 Å². The number of carbonyl (C=O) groups is 2. The molecule has 0 aromatic heterocycles.